The van der Waals surface area contributed by atoms with Crippen molar-refractivity contribution in [3.05, 3.63) is 40.4 Å². The zero-order chi connectivity index (χ0) is 17.1. The van der Waals surface area contributed by atoms with Crippen molar-refractivity contribution in [2.75, 3.05) is 26.2 Å². The van der Waals surface area contributed by atoms with Gasteiger partial charge in [0.1, 0.15) is 5.01 Å². The maximum absolute atomic E-state index is 6.32. The highest BCUT2D eigenvalue weighted by molar-refractivity contribution is 7.13. The molecule has 25 heavy (non-hydrogen) atoms. The van der Waals surface area contributed by atoms with E-state index in [-0.39, 0.29) is 0 Å². The standard InChI is InChI=1S/C20H26ClN3S/c21-19-9-3-2-8-18(19)20-22-16(15-25-20)13-24-12-6-7-17(24)14-23-10-4-1-5-11-23/h2-3,8-9,15,17H,1,4-7,10-14H2. The second kappa shape index (κ2) is 8.17. The lowest BCUT2D eigenvalue weighted by Crippen LogP contribution is -2.42. The molecular formula is C20H26ClN3S. The van der Waals surface area contributed by atoms with Gasteiger partial charge in [0.05, 0.1) is 10.7 Å². The second-order valence-electron chi connectivity index (χ2n) is 7.25. The van der Waals surface area contributed by atoms with Crippen molar-refractivity contribution in [3.8, 4) is 10.6 Å². The van der Waals surface area contributed by atoms with Gasteiger partial charge in [-0.3, -0.25) is 4.90 Å². The molecule has 0 amide bonds. The fraction of sp³-hybridized carbons (Fsp3) is 0.550. The molecular weight excluding hydrogens is 350 g/mol. The second-order valence-corrected chi connectivity index (χ2v) is 8.52. The highest BCUT2D eigenvalue weighted by Crippen LogP contribution is 2.31. The number of hydrogen-bond donors (Lipinski definition) is 0. The molecule has 1 atom stereocenters. The van der Waals surface area contributed by atoms with Crippen LogP contribution >= 0.6 is 22.9 Å². The molecule has 2 fully saturated rings. The summed E-state index contributed by atoms with van der Waals surface area (Å²) in [4.78, 5) is 10.2. The third-order valence-electron chi connectivity index (χ3n) is 5.44. The summed E-state index contributed by atoms with van der Waals surface area (Å²) < 4.78 is 0. The molecule has 134 valence electrons. The van der Waals surface area contributed by atoms with E-state index in [0.717, 1.165) is 22.1 Å². The first-order valence-corrected chi connectivity index (χ1v) is 10.7. The largest absolute Gasteiger partial charge is 0.302 e. The predicted octanol–water partition coefficient (Wildman–Crippen LogP) is 4.91. The molecule has 2 aliphatic rings. The number of aromatic nitrogens is 1. The lowest BCUT2D eigenvalue weighted by Gasteiger charge is -2.32. The molecule has 2 aromatic rings. The van der Waals surface area contributed by atoms with Crippen molar-refractivity contribution < 1.29 is 0 Å². The third-order valence-corrected chi connectivity index (χ3v) is 6.69. The molecule has 4 rings (SSSR count). The van der Waals surface area contributed by atoms with Gasteiger partial charge in [-0.25, -0.2) is 4.98 Å². The Bertz CT molecular complexity index is 696. The number of rotatable bonds is 5. The van der Waals surface area contributed by atoms with Crippen LogP contribution in [0.5, 0.6) is 0 Å². The summed E-state index contributed by atoms with van der Waals surface area (Å²) in [5.41, 5.74) is 2.23. The van der Waals surface area contributed by atoms with E-state index in [0.29, 0.717) is 6.04 Å². The Labute approximate surface area is 159 Å². The number of nitrogens with zero attached hydrogens (tertiary/aromatic N) is 3. The van der Waals surface area contributed by atoms with Gasteiger partial charge in [0.2, 0.25) is 0 Å². The van der Waals surface area contributed by atoms with Gasteiger partial charge in [0.25, 0.3) is 0 Å². The molecule has 5 heteroatoms. The van der Waals surface area contributed by atoms with Crippen LogP contribution in [0.3, 0.4) is 0 Å². The fourth-order valence-corrected chi connectivity index (χ4v) is 5.23. The molecule has 0 radical (unpaired) electrons. The fourth-order valence-electron chi connectivity index (χ4n) is 4.10. The van der Waals surface area contributed by atoms with Crippen LogP contribution in [0.2, 0.25) is 5.02 Å². The van der Waals surface area contributed by atoms with Gasteiger partial charge < -0.3 is 4.90 Å². The molecule has 3 heterocycles. The number of halogens is 1. The Morgan fingerprint density at radius 3 is 2.76 bits per heavy atom. The molecule has 3 nitrogen and oxygen atoms in total. The molecule has 0 bridgehead atoms. The first kappa shape index (κ1) is 17.5. The highest BCUT2D eigenvalue weighted by Gasteiger charge is 2.27. The van der Waals surface area contributed by atoms with Gasteiger partial charge >= 0.3 is 0 Å². The van der Waals surface area contributed by atoms with Crippen LogP contribution < -0.4 is 0 Å². The molecule has 1 aromatic heterocycles. The highest BCUT2D eigenvalue weighted by atomic mass is 35.5. The van der Waals surface area contributed by atoms with Crippen LogP contribution in [0.25, 0.3) is 10.6 Å². The monoisotopic (exact) mass is 375 g/mol. The first-order valence-electron chi connectivity index (χ1n) is 9.45. The number of benzene rings is 1. The van der Waals surface area contributed by atoms with Gasteiger partial charge in [0, 0.05) is 30.1 Å². The maximum Gasteiger partial charge on any atom is 0.125 e. The number of piperidine rings is 1. The van der Waals surface area contributed by atoms with E-state index in [9.17, 15) is 0 Å². The Morgan fingerprint density at radius 2 is 1.92 bits per heavy atom. The zero-order valence-corrected chi connectivity index (χ0v) is 16.2. The first-order chi connectivity index (χ1) is 12.3. The minimum Gasteiger partial charge on any atom is -0.302 e. The topological polar surface area (TPSA) is 19.4 Å². The van der Waals surface area contributed by atoms with Crippen molar-refractivity contribution in [3.63, 3.8) is 0 Å². The molecule has 0 spiro atoms. The Balaban J connectivity index is 1.40. The zero-order valence-electron chi connectivity index (χ0n) is 14.7. The number of thiazole rings is 1. The third kappa shape index (κ3) is 4.25. The molecule has 1 unspecified atom stereocenters. The van der Waals surface area contributed by atoms with Crippen LogP contribution in [0.1, 0.15) is 37.8 Å². The smallest absolute Gasteiger partial charge is 0.125 e. The van der Waals surface area contributed by atoms with E-state index in [1.54, 1.807) is 11.3 Å². The normalized spacial score (nSPS) is 22.5. The lowest BCUT2D eigenvalue weighted by atomic mass is 10.1. The summed E-state index contributed by atoms with van der Waals surface area (Å²) in [6.07, 6.45) is 6.81. The van der Waals surface area contributed by atoms with Gasteiger partial charge in [-0.15, -0.1) is 11.3 Å². The van der Waals surface area contributed by atoms with E-state index < -0.39 is 0 Å². The van der Waals surface area contributed by atoms with E-state index in [4.69, 9.17) is 16.6 Å². The molecule has 2 aliphatic heterocycles. The quantitative estimate of drug-likeness (QED) is 0.739. The van der Waals surface area contributed by atoms with Crippen molar-refractivity contribution in [2.24, 2.45) is 0 Å². The minimum atomic E-state index is 0.698. The van der Waals surface area contributed by atoms with E-state index in [1.165, 1.54) is 64.0 Å². The van der Waals surface area contributed by atoms with Gasteiger partial charge in [-0.1, -0.05) is 36.2 Å². The predicted molar refractivity (Wildman–Crippen MR) is 106 cm³/mol. The van der Waals surface area contributed by atoms with Gasteiger partial charge in [-0.05, 0) is 51.4 Å². The van der Waals surface area contributed by atoms with E-state index in [2.05, 4.69) is 21.2 Å². The summed E-state index contributed by atoms with van der Waals surface area (Å²) in [7, 11) is 0. The summed E-state index contributed by atoms with van der Waals surface area (Å²) in [5, 5.41) is 4.02. The van der Waals surface area contributed by atoms with Gasteiger partial charge in [0.15, 0.2) is 0 Å². The summed E-state index contributed by atoms with van der Waals surface area (Å²) in [6.45, 7) is 5.99. The molecule has 0 saturated carbocycles. The molecule has 1 aromatic carbocycles. The molecule has 2 saturated heterocycles. The van der Waals surface area contributed by atoms with Crippen LogP contribution in [-0.2, 0) is 6.54 Å². The lowest BCUT2D eigenvalue weighted by molar-refractivity contribution is 0.148. The van der Waals surface area contributed by atoms with E-state index in [1.807, 2.05) is 18.2 Å². The minimum absolute atomic E-state index is 0.698. The van der Waals surface area contributed by atoms with Crippen LogP contribution in [0.15, 0.2) is 29.6 Å². The summed E-state index contributed by atoms with van der Waals surface area (Å²) in [5.74, 6) is 0. The van der Waals surface area contributed by atoms with Crippen molar-refractivity contribution in [1.82, 2.24) is 14.8 Å². The van der Waals surface area contributed by atoms with Crippen molar-refractivity contribution in [1.29, 1.82) is 0 Å². The Morgan fingerprint density at radius 1 is 1.08 bits per heavy atom. The van der Waals surface area contributed by atoms with Gasteiger partial charge in [-0.2, -0.15) is 0 Å². The van der Waals surface area contributed by atoms with Crippen LogP contribution in [0.4, 0.5) is 0 Å². The molecule has 0 N–H and O–H groups in total. The van der Waals surface area contributed by atoms with Crippen molar-refractivity contribution >= 4 is 22.9 Å². The number of hydrogen-bond acceptors (Lipinski definition) is 4. The Hall–Kier alpha value is -0.940. The van der Waals surface area contributed by atoms with Crippen LogP contribution in [-0.4, -0.2) is 47.0 Å². The van der Waals surface area contributed by atoms with E-state index >= 15 is 0 Å². The average Bonchev–Trinajstić information content (AvgIpc) is 3.27. The van der Waals surface area contributed by atoms with Crippen molar-refractivity contribution in [2.45, 2.75) is 44.7 Å². The summed E-state index contributed by atoms with van der Waals surface area (Å²) >= 11 is 8.03. The van der Waals surface area contributed by atoms with Crippen LogP contribution in [0, 0.1) is 0 Å². The number of likely N-dealkylation sites (tertiary alicyclic amines) is 2. The molecule has 0 aliphatic carbocycles. The Kier molecular flexibility index (Phi) is 5.71. The average molecular weight is 376 g/mol. The maximum atomic E-state index is 6.32. The summed E-state index contributed by atoms with van der Waals surface area (Å²) in [6, 6.07) is 8.68. The SMILES string of the molecule is Clc1ccccc1-c1nc(CN2CCCC2CN2CCCCC2)cs1.